The number of carbonyl (C=O) groups excluding carboxylic acids is 2. The lowest BCUT2D eigenvalue weighted by Crippen LogP contribution is -2.24. The van der Waals surface area contributed by atoms with Gasteiger partial charge in [-0.2, -0.15) is 5.10 Å². The average Bonchev–Trinajstić information content (AvgIpc) is 3.21. The molecule has 3 heterocycles. The van der Waals surface area contributed by atoms with Gasteiger partial charge in [0.25, 0.3) is 11.8 Å². The van der Waals surface area contributed by atoms with Crippen molar-refractivity contribution in [3.63, 3.8) is 0 Å². The molecule has 1 aliphatic rings. The molecule has 2 amide bonds. The monoisotopic (exact) mass is 388 g/mol. The molecule has 0 spiro atoms. The number of amides is 2. The Labute approximate surface area is 165 Å². The van der Waals surface area contributed by atoms with E-state index >= 15 is 0 Å². The SMILES string of the molecule is CN1C(=O)c2cnc3c(c(-c4ccccc4)nn3-c3cccc(Cl)c3)c2C1=O. The highest BCUT2D eigenvalue weighted by Crippen LogP contribution is 2.36. The predicted octanol–water partition coefficient (Wildman–Crippen LogP) is 3.97. The molecule has 0 atom stereocenters. The van der Waals surface area contributed by atoms with Gasteiger partial charge in [0.1, 0.15) is 5.69 Å². The van der Waals surface area contributed by atoms with Crippen LogP contribution in [-0.4, -0.2) is 38.5 Å². The summed E-state index contributed by atoms with van der Waals surface area (Å²) in [6, 6.07) is 16.8. The van der Waals surface area contributed by atoms with Crippen molar-refractivity contribution in [2.45, 2.75) is 0 Å². The number of hydrogen-bond acceptors (Lipinski definition) is 4. The van der Waals surface area contributed by atoms with Crippen molar-refractivity contribution in [2.75, 3.05) is 7.05 Å². The van der Waals surface area contributed by atoms with Crippen molar-refractivity contribution in [1.29, 1.82) is 0 Å². The number of rotatable bonds is 2. The van der Waals surface area contributed by atoms with E-state index in [1.54, 1.807) is 16.8 Å². The summed E-state index contributed by atoms with van der Waals surface area (Å²) in [6.07, 6.45) is 1.44. The molecular formula is C21H13ClN4O2. The number of aromatic nitrogens is 3. The fourth-order valence-electron chi connectivity index (χ4n) is 3.49. The van der Waals surface area contributed by atoms with Crippen LogP contribution in [0.15, 0.2) is 60.8 Å². The molecule has 0 bridgehead atoms. The van der Waals surface area contributed by atoms with Crippen LogP contribution in [0.2, 0.25) is 5.02 Å². The Balaban J connectivity index is 1.91. The van der Waals surface area contributed by atoms with E-state index < -0.39 is 0 Å². The molecule has 4 aromatic rings. The van der Waals surface area contributed by atoms with Crippen LogP contribution in [0.1, 0.15) is 20.7 Å². The molecule has 5 rings (SSSR count). The maximum absolute atomic E-state index is 12.8. The van der Waals surface area contributed by atoms with Gasteiger partial charge in [-0.1, -0.05) is 48.0 Å². The van der Waals surface area contributed by atoms with Crippen LogP contribution in [0.5, 0.6) is 0 Å². The van der Waals surface area contributed by atoms with Crippen LogP contribution >= 0.6 is 11.6 Å². The van der Waals surface area contributed by atoms with Crippen LogP contribution in [-0.2, 0) is 0 Å². The first kappa shape index (κ1) is 16.6. The molecule has 2 aromatic heterocycles. The second-order valence-electron chi connectivity index (χ2n) is 6.52. The van der Waals surface area contributed by atoms with Crippen LogP contribution < -0.4 is 0 Å². The van der Waals surface area contributed by atoms with Crippen LogP contribution in [0.4, 0.5) is 0 Å². The number of halogens is 1. The highest BCUT2D eigenvalue weighted by atomic mass is 35.5. The Morgan fingerprint density at radius 3 is 2.50 bits per heavy atom. The summed E-state index contributed by atoms with van der Waals surface area (Å²) < 4.78 is 1.65. The number of benzene rings is 2. The Bertz CT molecular complexity index is 1280. The van der Waals surface area contributed by atoms with Crippen molar-refractivity contribution < 1.29 is 9.59 Å². The summed E-state index contributed by atoms with van der Waals surface area (Å²) >= 11 is 6.16. The number of imide groups is 1. The first-order valence-corrected chi connectivity index (χ1v) is 8.99. The molecule has 7 heteroatoms. The molecule has 0 N–H and O–H groups in total. The fourth-order valence-corrected chi connectivity index (χ4v) is 3.68. The Morgan fingerprint density at radius 2 is 1.75 bits per heavy atom. The third-order valence-electron chi connectivity index (χ3n) is 4.85. The van der Waals surface area contributed by atoms with Crippen LogP contribution in [0.3, 0.4) is 0 Å². The standard InChI is InChI=1S/C21H13ClN4O2/c1-25-20(27)15-11-23-19-17(16(15)21(25)28)18(12-6-3-2-4-7-12)24-26(19)14-9-5-8-13(22)10-14/h2-11H,1H3. The number of carbonyl (C=O) groups is 2. The summed E-state index contributed by atoms with van der Waals surface area (Å²) in [4.78, 5) is 30.9. The van der Waals surface area contributed by atoms with Gasteiger partial charge in [0.2, 0.25) is 0 Å². The van der Waals surface area contributed by atoms with Gasteiger partial charge in [0.15, 0.2) is 5.65 Å². The topological polar surface area (TPSA) is 68.1 Å². The van der Waals surface area contributed by atoms with Gasteiger partial charge in [0, 0.05) is 23.8 Å². The van der Waals surface area contributed by atoms with E-state index in [0.717, 1.165) is 16.2 Å². The van der Waals surface area contributed by atoms with E-state index in [9.17, 15) is 9.59 Å². The number of pyridine rings is 1. The molecule has 0 saturated heterocycles. The predicted molar refractivity (Wildman–Crippen MR) is 106 cm³/mol. The number of fused-ring (bicyclic) bond motifs is 3. The molecule has 0 fully saturated rings. The normalized spacial score (nSPS) is 13.4. The van der Waals surface area contributed by atoms with Gasteiger partial charge in [-0.3, -0.25) is 14.5 Å². The van der Waals surface area contributed by atoms with Gasteiger partial charge in [-0.15, -0.1) is 0 Å². The van der Waals surface area contributed by atoms with Crippen molar-refractivity contribution >= 4 is 34.4 Å². The van der Waals surface area contributed by atoms with Crippen LogP contribution in [0.25, 0.3) is 28.0 Å². The Kier molecular flexibility index (Phi) is 3.57. The molecule has 136 valence electrons. The molecule has 2 aromatic carbocycles. The first-order valence-electron chi connectivity index (χ1n) is 8.62. The summed E-state index contributed by atoms with van der Waals surface area (Å²) in [7, 11) is 1.47. The summed E-state index contributed by atoms with van der Waals surface area (Å²) in [5.74, 6) is -0.709. The second-order valence-corrected chi connectivity index (χ2v) is 6.96. The van der Waals surface area contributed by atoms with Crippen molar-refractivity contribution in [2.24, 2.45) is 0 Å². The number of nitrogens with zero attached hydrogens (tertiary/aromatic N) is 4. The summed E-state index contributed by atoms with van der Waals surface area (Å²) in [5, 5.41) is 5.87. The van der Waals surface area contributed by atoms with Crippen molar-refractivity contribution in [1.82, 2.24) is 19.7 Å². The molecular weight excluding hydrogens is 376 g/mol. The molecule has 0 unspecified atom stereocenters. The van der Waals surface area contributed by atoms with E-state index in [0.29, 0.717) is 32.9 Å². The van der Waals surface area contributed by atoms with Gasteiger partial charge in [-0.05, 0) is 18.2 Å². The lowest BCUT2D eigenvalue weighted by Gasteiger charge is -2.04. The maximum atomic E-state index is 12.8. The minimum Gasteiger partial charge on any atom is -0.277 e. The van der Waals surface area contributed by atoms with Crippen molar-refractivity contribution in [3.8, 4) is 16.9 Å². The van der Waals surface area contributed by atoms with Crippen LogP contribution in [0, 0.1) is 0 Å². The third kappa shape index (κ3) is 2.28. The molecule has 6 nitrogen and oxygen atoms in total. The summed E-state index contributed by atoms with van der Waals surface area (Å²) in [5.41, 5.74) is 3.27. The maximum Gasteiger partial charge on any atom is 0.262 e. The van der Waals surface area contributed by atoms with E-state index in [4.69, 9.17) is 16.7 Å². The molecule has 0 aliphatic carbocycles. The lowest BCUT2D eigenvalue weighted by atomic mass is 10.0. The van der Waals surface area contributed by atoms with E-state index in [1.165, 1.54) is 13.2 Å². The lowest BCUT2D eigenvalue weighted by molar-refractivity contribution is 0.0693. The smallest absolute Gasteiger partial charge is 0.262 e. The average molecular weight is 389 g/mol. The highest BCUT2D eigenvalue weighted by Gasteiger charge is 2.37. The quantitative estimate of drug-likeness (QED) is 0.487. The van der Waals surface area contributed by atoms with E-state index in [2.05, 4.69) is 4.98 Å². The first-order chi connectivity index (χ1) is 13.6. The summed E-state index contributed by atoms with van der Waals surface area (Å²) in [6.45, 7) is 0. The van der Waals surface area contributed by atoms with Crippen molar-refractivity contribution in [3.05, 3.63) is 76.9 Å². The van der Waals surface area contributed by atoms with E-state index in [1.807, 2.05) is 42.5 Å². The molecule has 0 radical (unpaired) electrons. The molecule has 0 saturated carbocycles. The van der Waals surface area contributed by atoms with E-state index in [-0.39, 0.29) is 11.8 Å². The molecule has 1 aliphatic heterocycles. The highest BCUT2D eigenvalue weighted by molar-refractivity contribution is 6.30. The van der Waals surface area contributed by atoms with Gasteiger partial charge < -0.3 is 0 Å². The second kappa shape index (κ2) is 6.00. The third-order valence-corrected chi connectivity index (χ3v) is 5.08. The zero-order chi connectivity index (χ0) is 19.4. The minimum atomic E-state index is -0.357. The Morgan fingerprint density at radius 1 is 0.964 bits per heavy atom. The largest absolute Gasteiger partial charge is 0.277 e. The minimum absolute atomic E-state index is 0.294. The zero-order valence-electron chi connectivity index (χ0n) is 14.8. The fraction of sp³-hybridized carbons (Fsp3) is 0.0476. The van der Waals surface area contributed by atoms with Gasteiger partial charge in [-0.25, -0.2) is 9.67 Å². The van der Waals surface area contributed by atoms with Gasteiger partial charge >= 0.3 is 0 Å². The Hall–Kier alpha value is -3.51. The number of hydrogen-bond donors (Lipinski definition) is 0. The molecule has 28 heavy (non-hydrogen) atoms. The van der Waals surface area contributed by atoms with Gasteiger partial charge in [0.05, 0.1) is 22.2 Å². The zero-order valence-corrected chi connectivity index (χ0v) is 15.5.